The Bertz CT molecular complexity index is 1110. The first-order valence-electron chi connectivity index (χ1n) is 9.23. The molecule has 0 aliphatic rings. The largest absolute Gasteiger partial charge is 0.493 e. The van der Waals surface area contributed by atoms with Crippen molar-refractivity contribution in [3.05, 3.63) is 99.9 Å². The summed E-state index contributed by atoms with van der Waals surface area (Å²) in [5.74, 6) is 0.233. The van der Waals surface area contributed by atoms with Crippen LogP contribution in [0.25, 0.3) is 6.08 Å². The smallest absolute Gasteiger partial charge is 0.271 e. The number of nitro groups is 1. The fourth-order valence-corrected chi connectivity index (χ4v) is 2.70. The molecule has 7 nitrogen and oxygen atoms in total. The van der Waals surface area contributed by atoms with E-state index in [-0.39, 0.29) is 18.1 Å². The van der Waals surface area contributed by atoms with Gasteiger partial charge in [-0.3, -0.25) is 14.9 Å². The zero-order valence-corrected chi connectivity index (χ0v) is 16.6. The van der Waals surface area contributed by atoms with Crippen LogP contribution in [0.1, 0.15) is 11.1 Å². The van der Waals surface area contributed by atoms with Crippen molar-refractivity contribution in [3.63, 3.8) is 0 Å². The Hall–Kier alpha value is -4.20. The third kappa shape index (κ3) is 6.14. The molecule has 1 N–H and O–H groups in total. The van der Waals surface area contributed by atoms with E-state index in [1.807, 2.05) is 0 Å². The molecule has 0 bridgehead atoms. The number of non-ortho nitro benzene ring substituents is 1. The molecule has 0 radical (unpaired) electrons. The van der Waals surface area contributed by atoms with Crippen molar-refractivity contribution >= 4 is 23.4 Å². The molecule has 0 heterocycles. The van der Waals surface area contributed by atoms with Gasteiger partial charge >= 0.3 is 0 Å². The SMILES string of the molecule is COc1cc(/C=C/C(=O)Nc2cccc([N+](=O)[O-])c2)ccc1OCc1ccc(F)cc1. The molecule has 0 aliphatic carbocycles. The number of amides is 1. The van der Waals surface area contributed by atoms with E-state index >= 15 is 0 Å². The fourth-order valence-electron chi connectivity index (χ4n) is 2.70. The van der Waals surface area contributed by atoms with Crippen LogP contribution in [-0.2, 0) is 11.4 Å². The highest BCUT2D eigenvalue weighted by Crippen LogP contribution is 2.29. The Morgan fingerprint density at radius 2 is 1.87 bits per heavy atom. The van der Waals surface area contributed by atoms with Gasteiger partial charge in [-0.25, -0.2) is 4.39 Å². The number of nitrogens with one attached hydrogen (secondary N) is 1. The van der Waals surface area contributed by atoms with Gasteiger partial charge in [0.05, 0.1) is 12.0 Å². The molecule has 0 atom stereocenters. The quantitative estimate of drug-likeness (QED) is 0.314. The molecule has 1 amide bonds. The second-order valence-corrected chi connectivity index (χ2v) is 6.46. The summed E-state index contributed by atoms with van der Waals surface area (Å²) >= 11 is 0. The minimum Gasteiger partial charge on any atom is -0.493 e. The number of benzene rings is 3. The summed E-state index contributed by atoms with van der Waals surface area (Å²) in [4.78, 5) is 22.4. The number of rotatable bonds is 8. The van der Waals surface area contributed by atoms with Gasteiger partial charge < -0.3 is 14.8 Å². The van der Waals surface area contributed by atoms with Crippen molar-refractivity contribution in [3.8, 4) is 11.5 Å². The second-order valence-electron chi connectivity index (χ2n) is 6.46. The molecule has 3 rings (SSSR count). The number of halogens is 1. The maximum absolute atomic E-state index is 13.0. The van der Waals surface area contributed by atoms with Crippen molar-refractivity contribution in [2.75, 3.05) is 12.4 Å². The van der Waals surface area contributed by atoms with E-state index < -0.39 is 10.8 Å². The summed E-state index contributed by atoms with van der Waals surface area (Å²) in [6.07, 6.45) is 2.89. The van der Waals surface area contributed by atoms with Crippen LogP contribution in [0.5, 0.6) is 11.5 Å². The van der Waals surface area contributed by atoms with Gasteiger partial charge in [-0.1, -0.05) is 24.3 Å². The Labute approximate surface area is 177 Å². The summed E-state index contributed by atoms with van der Waals surface area (Å²) in [7, 11) is 1.50. The van der Waals surface area contributed by atoms with E-state index in [4.69, 9.17) is 9.47 Å². The molecule has 3 aromatic rings. The average Bonchev–Trinajstić information content (AvgIpc) is 2.77. The number of anilines is 1. The topological polar surface area (TPSA) is 90.7 Å². The van der Waals surface area contributed by atoms with Crippen LogP contribution < -0.4 is 14.8 Å². The maximum Gasteiger partial charge on any atom is 0.271 e. The van der Waals surface area contributed by atoms with Crippen LogP contribution in [0, 0.1) is 15.9 Å². The molecule has 158 valence electrons. The summed E-state index contributed by atoms with van der Waals surface area (Å²) in [5.41, 5.74) is 1.72. The zero-order valence-electron chi connectivity index (χ0n) is 16.6. The van der Waals surface area contributed by atoms with E-state index in [1.54, 1.807) is 42.5 Å². The molecule has 8 heteroatoms. The van der Waals surface area contributed by atoms with Gasteiger partial charge in [-0.15, -0.1) is 0 Å². The lowest BCUT2D eigenvalue weighted by molar-refractivity contribution is -0.384. The molecule has 0 spiro atoms. The number of carbonyl (C=O) groups excluding carboxylic acids is 1. The van der Waals surface area contributed by atoms with E-state index in [9.17, 15) is 19.3 Å². The van der Waals surface area contributed by atoms with Crippen molar-refractivity contribution in [1.29, 1.82) is 0 Å². The lowest BCUT2D eigenvalue weighted by Gasteiger charge is -2.11. The highest BCUT2D eigenvalue weighted by Gasteiger charge is 2.08. The first-order chi connectivity index (χ1) is 14.9. The second kappa shape index (κ2) is 10.0. The van der Waals surface area contributed by atoms with Crippen LogP contribution in [-0.4, -0.2) is 17.9 Å². The Morgan fingerprint density at radius 3 is 2.58 bits per heavy atom. The summed E-state index contributed by atoms with van der Waals surface area (Å²) < 4.78 is 24.1. The minimum absolute atomic E-state index is 0.109. The van der Waals surface area contributed by atoms with Gasteiger partial charge in [0.2, 0.25) is 5.91 Å². The van der Waals surface area contributed by atoms with Gasteiger partial charge in [0, 0.05) is 23.9 Å². The van der Waals surface area contributed by atoms with Crippen LogP contribution in [0.4, 0.5) is 15.8 Å². The molecule has 0 saturated heterocycles. The van der Waals surface area contributed by atoms with E-state index in [1.165, 1.54) is 43.5 Å². The number of nitrogens with zero attached hydrogens (tertiary/aromatic N) is 1. The predicted molar refractivity (Wildman–Crippen MR) is 114 cm³/mol. The van der Waals surface area contributed by atoms with Gasteiger partial charge in [0.1, 0.15) is 12.4 Å². The van der Waals surface area contributed by atoms with Gasteiger partial charge in [0.25, 0.3) is 5.69 Å². The Kier molecular flexibility index (Phi) is 6.95. The molecule has 0 aromatic heterocycles. The highest BCUT2D eigenvalue weighted by molar-refractivity contribution is 6.02. The lowest BCUT2D eigenvalue weighted by atomic mass is 10.2. The third-order valence-electron chi connectivity index (χ3n) is 4.25. The molecule has 0 saturated carbocycles. The molecular weight excluding hydrogens is 403 g/mol. The minimum atomic E-state index is -0.530. The number of carbonyl (C=O) groups is 1. The van der Waals surface area contributed by atoms with Crippen molar-refractivity contribution < 1.29 is 23.6 Å². The molecule has 0 aliphatic heterocycles. The first kappa shape index (κ1) is 21.5. The van der Waals surface area contributed by atoms with Crippen molar-refractivity contribution in [1.82, 2.24) is 0 Å². The summed E-state index contributed by atoms with van der Waals surface area (Å²) in [6.45, 7) is 0.247. The Morgan fingerprint density at radius 1 is 1.10 bits per heavy atom. The molecule has 0 fully saturated rings. The fraction of sp³-hybridized carbons (Fsp3) is 0.0870. The van der Waals surface area contributed by atoms with E-state index in [0.717, 1.165) is 5.56 Å². The van der Waals surface area contributed by atoms with Crippen molar-refractivity contribution in [2.45, 2.75) is 6.61 Å². The van der Waals surface area contributed by atoms with E-state index in [0.29, 0.717) is 22.7 Å². The molecule has 31 heavy (non-hydrogen) atoms. The normalized spacial score (nSPS) is 10.6. The highest BCUT2D eigenvalue weighted by atomic mass is 19.1. The third-order valence-corrected chi connectivity index (χ3v) is 4.25. The summed E-state index contributed by atoms with van der Waals surface area (Å²) in [6, 6.07) is 16.8. The van der Waals surface area contributed by atoms with Gasteiger partial charge in [0.15, 0.2) is 11.5 Å². The van der Waals surface area contributed by atoms with Gasteiger partial charge in [-0.05, 0) is 47.5 Å². The standard InChI is InChI=1S/C23H19FN2O5/c1-30-22-13-16(7-11-21(22)31-15-17-5-9-18(24)10-6-17)8-12-23(27)25-19-3-2-4-20(14-19)26(28)29/h2-14H,15H2,1H3,(H,25,27)/b12-8+. The predicted octanol–water partition coefficient (Wildman–Crippen LogP) is 4.97. The Balaban J connectivity index is 1.64. The molecule has 3 aromatic carbocycles. The molecular formula is C23H19FN2O5. The van der Waals surface area contributed by atoms with Gasteiger partial charge in [-0.2, -0.15) is 0 Å². The van der Waals surface area contributed by atoms with Crippen LogP contribution >= 0.6 is 0 Å². The van der Waals surface area contributed by atoms with Crippen LogP contribution in [0.3, 0.4) is 0 Å². The monoisotopic (exact) mass is 422 g/mol. The maximum atomic E-state index is 13.0. The first-order valence-corrected chi connectivity index (χ1v) is 9.23. The number of hydrogen-bond donors (Lipinski definition) is 1. The summed E-state index contributed by atoms with van der Waals surface area (Å²) in [5, 5.41) is 13.4. The van der Waals surface area contributed by atoms with Crippen molar-refractivity contribution in [2.24, 2.45) is 0 Å². The van der Waals surface area contributed by atoms with Crippen LogP contribution in [0.2, 0.25) is 0 Å². The number of ether oxygens (including phenoxy) is 2. The molecule has 0 unspecified atom stereocenters. The lowest BCUT2D eigenvalue weighted by Crippen LogP contribution is -2.07. The van der Waals surface area contributed by atoms with E-state index in [2.05, 4.69) is 5.32 Å². The number of nitro benzene ring substituents is 1. The van der Waals surface area contributed by atoms with Crippen LogP contribution in [0.15, 0.2) is 72.8 Å². The number of methoxy groups -OCH3 is 1. The average molecular weight is 422 g/mol. The zero-order chi connectivity index (χ0) is 22.2. The number of hydrogen-bond acceptors (Lipinski definition) is 5.